The summed E-state index contributed by atoms with van der Waals surface area (Å²) in [6, 6.07) is 3.90. The van der Waals surface area contributed by atoms with Crippen LogP contribution in [-0.4, -0.2) is 23.2 Å². The van der Waals surface area contributed by atoms with Crippen LogP contribution in [0.4, 0.5) is 4.39 Å². The van der Waals surface area contributed by atoms with Gasteiger partial charge in [-0.15, -0.1) is 0 Å². The number of nitrogens with one attached hydrogen (secondary N) is 1. The number of halogens is 2. The number of rotatable bonds is 2. The van der Waals surface area contributed by atoms with Gasteiger partial charge in [-0.1, -0.05) is 13.8 Å². The molecule has 2 N–H and O–H groups in total. The highest BCUT2D eigenvalue weighted by Crippen LogP contribution is 2.40. The Hall–Kier alpha value is -0.940. The molecular formula is C13H15BrFNO2. The zero-order valence-corrected chi connectivity index (χ0v) is 11.8. The molecular weight excluding hydrogens is 301 g/mol. The van der Waals surface area contributed by atoms with Gasteiger partial charge < -0.3 is 10.4 Å². The van der Waals surface area contributed by atoms with E-state index in [1.807, 2.05) is 13.8 Å². The van der Waals surface area contributed by atoms with Gasteiger partial charge in [0, 0.05) is 15.9 Å². The molecule has 1 saturated carbocycles. The van der Waals surface area contributed by atoms with Crippen molar-refractivity contribution in [3.63, 3.8) is 0 Å². The Morgan fingerprint density at radius 2 is 2.22 bits per heavy atom. The van der Waals surface area contributed by atoms with E-state index in [0.29, 0.717) is 10.9 Å². The first-order valence-corrected chi connectivity index (χ1v) is 6.55. The fraction of sp³-hybridized carbons (Fsp3) is 0.462. The van der Waals surface area contributed by atoms with Crippen LogP contribution < -0.4 is 5.32 Å². The van der Waals surface area contributed by atoms with E-state index in [-0.39, 0.29) is 22.9 Å². The molecule has 18 heavy (non-hydrogen) atoms. The Balaban J connectivity index is 2.12. The molecule has 0 spiro atoms. The minimum atomic E-state index is -0.448. The van der Waals surface area contributed by atoms with Crippen molar-refractivity contribution in [2.45, 2.75) is 32.4 Å². The summed E-state index contributed by atoms with van der Waals surface area (Å²) in [7, 11) is 0. The van der Waals surface area contributed by atoms with Crippen LogP contribution in [0.1, 0.15) is 30.6 Å². The van der Waals surface area contributed by atoms with Gasteiger partial charge in [0.05, 0.1) is 11.7 Å². The van der Waals surface area contributed by atoms with E-state index in [1.54, 1.807) is 0 Å². The monoisotopic (exact) mass is 315 g/mol. The first-order valence-electron chi connectivity index (χ1n) is 5.76. The maximum atomic E-state index is 13.1. The second-order valence-electron chi connectivity index (χ2n) is 5.22. The van der Waals surface area contributed by atoms with Gasteiger partial charge in [-0.25, -0.2) is 4.39 Å². The summed E-state index contributed by atoms with van der Waals surface area (Å²) in [5, 5.41) is 12.4. The number of aliphatic hydroxyl groups is 1. The SMILES string of the molecule is CC1(C)[C@H](O)C[C@H]1NC(=O)c1cc(F)ccc1Br. The van der Waals surface area contributed by atoms with E-state index in [0.717, 1.165) is 0 Å². The Morgan fingerprint density at radius 1 is 1.56 bits per heavy atom. The van der Waals surface area contributed by atoms with E-state index in [1.165, 1.54) is 18.2 Å². The van der Waals surface area contributed by atoms with Gasteiger partial charge in [0.1, 0.15) is 5.82 Å². The average Bonchev–Trinajstić information content (AvgIpc) is 2.31. The Morgan fingerprint density at radius 3 is 2.78 bits per heavy atom. The lowest BCUT2D eigenvalue weighted by atomic mass is 9.64. The zero-order chi connectivity index (χ0) is 13.5. The smallest absolute Gasteiger partial charge is 0.252 e. The van der Waals surface area contributed by atoms with Crippen LogP contribution in [0.25, 0.3) is 0 Å². The standard InChI is InChI=1S/C13H15BrFNO2/c1-13(2)10(6-11(13)17)16-12(18)8-5-7(15)3-4-9(8)14/h3-5,10-11,17H,6H2,1-2H3,(H,16,18)/t10-,11-/m1/s1. The van der Waals surface area contributed by atoms with Crippen molar-refractivity contribution in [1.29, 1.82) is 0 Å². The molecule has 2 rings (SSSR count). The summed E-state index contributed by atoms with van der Waals surface area (Å²) in [5.41, 5.74) is -0.0673. The molecule has 1 aromatic carbocycles. The summed E-state index contributed by atoms with van der Waals surface area (Å²) in [5.74, 6) is -0.775. The van der Waals surface area contributed by atoms with Crippen LogP contribution >= 0.6 is 15.9 Å². The van der Waals surface area contributed by atoms with E-state index in [4.69, 9.17) is 0 Å². The van der Waals surface area contributed by atoms with Crippen molar-refractivity contribution < 1.29 is 14.3 Å². The van der Waals surface area contributed by atoms with Gasteiger partial charge in [-0.2, -0.15) is 0 Å². The molecule has 1 aliphatic carbocycles. The molecule has 0 saturated heterocycles. The molecule has 3 nitrogen and oxygen atoms in total. The Kier molecular flexibility index (Phi) is 3.47. The largest absolute Gasteiger partial charge is 0.392 e. The predicted octanol–water partition coefficient (Wildman–Crippen LogP) is 2.48. The molecule has 0 aromatic heterocycles. The highest BCUT2D eigenvalue weighted by atomic mass is 79.9. The van der Waals surface area contributed by atoms with Crippen LogP contribution in [0, 0.1) is 11.2 Å². The molecule has 1 aromatic rings. The van der Waals surface area contributed by atoms with Gasteiger partial charge in [0.15, 0.2) is 0 Å². The van der Waals surface area contributed by atoms with Crippen LogP contribution in [0.2, 0.25) is 0 Å². The van der Waals surface area contributed by atoms with Gasteiger partial charge in [-0.05, 0) is 40.5 Å². The molecule has 0 aliphatic heterocycles. The minimum absolute atomic E-state index is 0.0878. The molecule has 1 fully saturated rings. The molecule has 5 heteroatoms. The summed E-state index contributed by atoms with van der Waals surface area (Å²) >= 11 is 3.22. The molecule has 1 aliphatic rings. The van der Waals surface area contributed by atoms with Crippen molar-refractivity contribution in [3.05, 3.63) is 34.1 Å². The van der Waals surface area contributed by atoms with Gasteiger partial charge in [-0.3, -0.25) is 4.79 Å². The molecule has 0 heterocycles. The van der Waals surface area contributed by atoms with E-state index in [9.17, 15) is 14.3 Å². The maximum Gasteiger partial charge on any atom is 0.252 e. The molecule has 0 unspecified atom stereocenters. The fourth-order valence-electron chi connectivity index (χ4n) is 2.05. The first kappa shape index (κ1) is 13.5. The second-order valence-corrected chi connectivity index (χ2v) is 6.08. The summed E-state index contributed by atoms with van der Waals surface area (Å²) in [6.07, 6.45) is 0.129. The average molecular weight is 316 g/mol. The van der Waals surface area contributed by atoms with Crippen LogP contribution in [0.15, 0.2) is 22.7 Å². The number of hydrogen-bond acceptors (Lipinski definition) is 2. The van der Waals surface area contributed by atoms with E-state index in [2.05, 4.69) is 21.2 Å². The quantitative estimate of drug-likeness (QED) is 0.881. The molecule has 1 amide bonds. The molecule has 0 radical (unpaired) electrons. The summed E-state index contributed by atoms with van der Waals surface area (Å²) in [4.78, 5) is 12.0. The normalized spacial score (nSPS) is 25.4. The highest BCUT2D eigenvalue weighted by Gasteiger charge is 2.48. The van der Waals surface area contributed by atoms with Gasteiger partial charge in [0.25, 0.3) is 5.91 Å². The van der Waals surface area contributed by atoms with Crippen molar-refractivity contribution >= 4 is 21.8 Å². The lowest BCUT2D eigenvalue weighted by Crippen LogP contribution is -2.61. The minimum Gasteiger partial charge on any atom is -0.392 e. The van der Waals surface area contributed by atoms with Crippen molar-refractivity contribution in [2.75, 3.05) is 0 Å². The van der Waals surface area contributed by atoms with Crippen molar-refractivity contribution in [1.82, 2.24) is 5.32 Å². The van der Waals surface area contributed by atoms with Gasteiger partial charge in [0.2, 0.25) is 0 Å². The Bertz CT molecular complexity index is 490. The lowest BCUT2D eigenvalue weighted by Gasteiger charge is -2.49. The lowest BCUT2D eigenvalue weighted by molar-refractivity contribution is -0.0689. The highest BCUT2D eigenvalue weighted by molar-refractivity contribution is 9.10. The first-order chi connectivity index (χ1) is 8.32. The van der Waals surface area contributed by atoms with Crippen LogP contribution in [0.5, 0.6) is 0 Å². The number of amides is 1. The fourth-order valence-corrected chi connectivity index (χ4v) is 2.48. The number of carbonyl (C=O) groups is 1. The van der Waals surface area contributed by atoms with Crippen LogP contribution in [0.3, 0.4) is 0 Å². The topological polar surface area (TPSA) is 49.3 Å². The number of hydrogen-bond donors (Lipinski definition) is 2. The third-order valence-electron chi connectivity index (χ3n) is 3.69. The number of aliphatic hydroxyl groups excluding tert-OH is 1. The molecule has 98 valence electrons. The molecule has 2 atom stereocenters. The third-order valence-corrected chi connectivity index (χ3v) is 4.39. The summed E-state index contributed by atoms with van der Waals surface area (Å²) in [6.45, 7) is 3.79. The predicted molar refractivity (Wildman–Crippen MR) is 69.8 cm³/mol. The van der Waals surface area contributed by atoms with E-state index >= 15 is 0 Å². The Labute approximate surface area is 114 Å². The number of benzene rings is 1. The zero-order valence-electron chi connectivity index (χ0n) is 10.2. The van der Waals surface area contributed by atoms with Gasteiger partial charge >= 0.3 is 0 Å². The van der Waals surface area contributed by atoms with Crippen molar-refractivity contribution in [2.24, 2.45) is 5.41 Å². The summed E-state index contributed by atoms with van der Waals surface area (Å²) < 4.78 is 13.7. The van der Waals surface area contributed by atoms with Crippen LogP contribution in [-0.2, 0) is 0 Å². The number of carbonyl (C=O) groups excluding carboxylic acids is 1. The second kappa shape index (κ2) is 4.63. The van der Waals surface area contributed by atoms with E-state index < -0.39 is 11.9 Å². The maximum absolute atomic E-state index is 13.1. The van der Waals surface area contributed by atoms with Crippen molar-refractivity contribution in [3.8, 4) is 0 Å². The molecule has 0 bridgehead atoms. The third kappa shape index (κ3) is 2.29.